The molecule has 0 radical (unpaired) electrons. The monoisotopic (exact) mass is 493 g/mol. The minimum atomic E-state index is 0. The number of aliphatic imine (C=N–C) groups is 1. The topological polar surface area (TPSA) is 79.6 Å². The van der Waals surface area contributed by atoms with Crippen LogP contribution < -0.4 is 10.6 Å². The van der Waals surface area contributed by atoms with Crippen LogP contribution in [0.1, 0.15) is 38.8 Å². The molecule has 0 bridgehead atoms. The van der Waals surface area contributed by atoms with Crippen LogP contribution in [0, 0.1) is 5.41 Å². The standard InChI is InChI=1S/C18H35N7O.HI/c1-7-19-17(20-12-18(2,3)13-24(4)5)21-14-8-9-16-22-15(11-26-6)23-25(16)10-14;/h14H,7-13H2,1-6H3,(H2,19,20,21);1H. The summed E-state index contributed by atoms with van der Waals surface area (Å²) < 4.78 is 7.13. The van der Waals surface area contributed by atoms with Gasteiger partial charge in [0.05, 0.1) is 6.54 Å². The van der Waals surface area contributed by atoms with Gasteiger partial charge in [0.15, 0.2) is 11.8 Å². The van der Waals surface area contributed by atoms with Crippen molar-refractivity contribution in [1.29, 1.82) is 0 Å². The van der Waals surface area contributed by atoms with E-state index < -0.39 is 0 Å². The smallest absolute Gasteiger partial charge is 0.191 e. The van der Waals surface area contributed by atoms with Crippen LogP contribution >= 0.6 is 24.0 Å². The van der Waals surface area contributed by atoms with E-state index in [9.17, 15) is 0 Å². The maximum atomic E-state index is 5.13. The van der Waals surface area contributed by atoms with Crippen LogP contribution in [-0.2, 0) is 24.3 Å². The lowest BCUT2D eigenvalue weighted by Crippen LogP contribution is -2.47. The molecular formula is C18H36IN7O. The molecular weight excluding hydrogens is 457 g/mol. The Morgan fingerprint density at radius 2 is 2.15 bits per heavy atom. The molecule has 9 heteroatoms. The molecule has 1 atom stereocenters. The number of rotatable bonds is 8. The van der Waals surface area contributed by atoms with E-state index in [1.54, 1.807) is 7.11 Å². The van der Waals surface area contributed by atoms with Gasteiger partial charge in [-0.2, -0.15) is 5.10 Å². The molecule has 0 aromatic carbocycles. The van der Waals surface area contributed by atoms with Crippen LogP contribution in [0.15, 0.2) is 4.99 Å². The Morgan fingerprint density at radius 3 is 2.78 bits per heavy atom. The number of fused-ring (bicyclic) bond motifs is 1. The number of halogens is 1. The summed E-state index contributed by atoms with van der Waals surface area (Å²) >= 11 is 0. The van der Waals surface area contributed by atoms with Gasteiger partial charge in [-0.3, -0.25) is 4.99 Å². The number of ether oxygens (including phenoxy) is 1. The molecule has 8 nitrogen and oxygen atoms in total. The van der Waals surface area contributed by atoms with Gasteiger partial charge in [-0.25, -0.2) is 9.67 Å². The van der Waals surface area contributed by atoms with Gasteiger partial charge in [-0.05, 0) is 32.9 Å². The number of aromatic nitrogens is 3. The third-order valence-electron chi connectivity index (χ3n) is 4.27. The molecule has 2 N–H and O–H groups in total. The van der Waals surface area contributed by atoms with Gasteiger partial charge in [0.1, 0.15) is 12.4 Å². The maximum absolute atomic E-state index is 5.13. The normalized spacial score (nSPS) is 17.4. The van der Waals surface area contributed by atoms with Crippen molar-refractivity contribution in [1.82, 2.24) is 30.3 Å². The molecule has 27 heavy (non-hydrogen) atoms. The molecule has 0 aliphatic carbocycles. The minimum Gasteiger partial charge on any atom is -0.377 e. The van der Waals surface area contributed by atoms with Crippen LogP contribution in [0.5, 0.6) is 0 Å². The lowest BCUT2D eigenvalue weighted by molar-refractivity contribution is 0.177. The second kappa shape index (κ2) is 11.2. The predicted molar refractivity (Wildman–Crippen MR) is 120 cm³/mol. The molecule has 156 valence electrons. The van der Waals surface area contributed by atoms with E-state index in [1.165, 1.54) is 0 Å². The molecule has 1 unspecified atom stereocenters. The van der Waals surface area contributed by atoms with Gasteiger partial charge in [0.25, 0.3) is 0 Å². The average Bonchev–Trinajstić information content (AvgIpc) is 2.94. The highest BCUT2D eigenvalue weighted by Gasteiger charge is 2.23. The number of nitrogens with zero attached hydrogens (tertiary/aromatic N) is 5. The molecule has 0 amide bonds. The Balaban J connectivity index is 0.00000364. The van der Waals surface area contributed by atoms with Gasteiger partial charge < -0.3 is 20.3 Å². The molecule has 1 aromatic heterocycles. The van der Waals surface area contributed by atoms with E-state index in [2.05, 4.69) is 60.5 Å². The van der Waals surface area contributed by atoms with Crippen molar-refractivity contribution in [3.8, 4) is 0 Å². The van der Waals surface area contributed by atoms with Crippen LogP contribution in [0.3, 0.4) is 0 Å². The average molecular weight is 493 g/mol. The lowest BCUT2D eigenvalue weighted by atomic mass is 9.93. The van der Waals surface area contributed by atoms with E-state index in [-0.39, 0.29) is 29.4 Å². The molecule has 1 aliphatic heterocycles. The van der Waals surface area contributed by atoms with E-state index in [4.69, 9.17) is 9.73 Å². The third kappa shape index (κ3) is 7.90. The number of hydrogen-bond donors (Lipinski definition) is 2. The second-order valence-electron chi connectivity index (χ2n) is 8.04. The Morgan fingerprint density at radius 1 is 1.41 bits per heavy atom. The quantitative estimate of drug-likeness (QED) is 0.325. The second-order valence-corrected chi connectivity index (χ2v) is 8.04. The van der Waals surface area contributed by atoms with E-state index in [0.29, 0.717) is 12.6 Å². The molecule has 2 heterocycles. The first-order valence-electron chi connectivity index (χ1n) is 9.44. The van der Waals surface area contributed by atoms with E-state index in [0.717, 1.165) is 56.6 Å². The van der Waals surface area contributed by atoms with Gasteiger partial charge in [-0.15, -0.1) is 24.0 Å². The molecule has 2 rings (SSSR count). The first-order valence-corrected chi connectivity index (χ1v) is 9.44. The van der Waals surface area contributed by atoms with Crippen molar-refractivity contribution >= 4 is 29.9 Å². The van der Waals surface area contributed by atoms with Crippen molar-refractivity contribution in [2.45, 2.75) is 52.8 Å². The highest BCUT2D eigenvalue weighted by atomic mass is 127. The van der Waals surface area contributed by atoms with Crippen molar-refractivity contribution in [3.63, 3.8) is 0 Å². The summed E-state index contributed by atoms with van der Waals surface area (Å²) in [6.45, 7) is 10.5. The maximum Gasteiger partial charge on any atom is 0.191 e. The Hall–Kier alpha value is -0.940. The highest BCUT2D eigenvalue weighted by Crippen LogP contribution is 2.17. The SMILES string of the molecule is CCNC(=NCC(C)(C)CN(C)C)NC1CCc2nc(COC)nn2C1.I. The molecule has 0 saturated carbocycles. The summed E-state index contributed by atoms with van der Waals surface area (Å²) in [4.78, 5) is 11.6. The summed E-state index contributed by atoms with van der Waals surface area (Å²) in [5.74, 6) is 2.68. The van der Waals surface area contributed by atoms with Gasteiger partial charge in [0.2, 0.25) is 0 Å². The molecule has 0 fully saturated rings. The number of nitrogens with one attached hydrogen (secondary N) is 2. The summed E-state index contributed by atoms with van der Waals surface area (Å²) in [5.41, 5.74) is 0.131. The van der Waals surface area contributed by atoms with Gasteiger partial charge in [0, 0.05) is 39.2 Å². The summed E-state index contributed by atoms with van der Waals surface area (Å²) in [7, 11) is 5.87. The fourth-order valence-electron chi connectivity index (χ4n) is 3.38. The van der Waals surface area contributed by atoms with Crippen LogP contribution in [0.2, 0.25) is 0 Å². The fraction of sp³-hybridized carbons (Fsp3) is 0.833. The zero-order valence-corrected chi connectivity index (χ0v) is 19.9. The fourth-order valence-corrected chi connectivity index (χ4v) is 3.38. The van der Waals surface area contributed by atoms with Crippen molar-refractivity contribution < 1.29 is 4.74 Å². The zero-order chi connectivity index (χ0) is 19.2. The highest BCUT2D eigenvalue weighted by molar-refractivity contribution is 14.0. The number of guanidine groups is 1. The number of hydrogen-bond acceptors (Lipinski definition) is 5. The largest absolute Gasteiger partial charge is 0.377 e. The van der Waals surface area contributed by atoms with Gasteiger partial charge in [-0.1, -0.05) is 13.8 Å². The number of aryl methyl sites for hydroxylation is 1. The Labute approximate surface area is 180 Å². The van der Waals surface area contributed by atoms with Crippen LogP contribution in [-0.4, -0.2) is 72.5 Å². The molecule has 0 spiro atoms. The van der Waals surface area contributed by atoms with Gasteiger partial charge >= 0.3 is 0 Å². The van der Waals surface area contributed by atoms with Crippen molar-refractivity contribution in [2.24, 2.45) is 10.4 Å². The summed E-state index contributed by atoms with van der Waals surface area (Å²) in [6.07, 6.45) is 1.94. The summed E-state index contributed by atoms with van der Waals surface area (Å²) in [5, 5.41) is 11.5. The number of methoxy groups -OCH3 is 1. The first-order chi connectivity index (χ1) is 12.3. The predicted octanol–water partition coefficient (Wildman–Crippen LogP) is 1.50. The summed E-state index contributed by atoms with van der Waals surface area (Å²) in [6, 6.07) is 0.300. The molecule has 1 aliphatic rings. The van der Waals surface area contributed by atoms with Crippen molar-refractivity contribution in [3.05, 3.63) is 11.6 Å². The van der Waals surface area contributed by atoms with E-state index >= 15 is 0 Å². The Bertz CT molecular complexity index is 601. The zero-order valence-electron chi connectivity index (χ0n) is 17.6. The Kier molecular flexibility index (Phi) is 9.96. The third-order valence-corrected chi connectivity index (χ3v) is 4.27. The minimum absolute atomic E-state index is 0. The molecule has 1 aromatic rings. The van der Waals surface area contributed by atoms with Crippen molar-refractivity contribution in [2.75, 3.05) is 40.8 Å². The van der Waals surface area contributed by atoms with Crippen LogP contribution in [0.4, 0.5) is 0 Å². The first kappa shape index (κ1) is 24.1. The molecule has 0 saturated heterocycles. The van der Waals surface area contributed by atoms with Crippen LogP contribution in [0.25, 0.3) is 0 Å². The van der Waals surface area contributed by atoms with E-state index in [1.807, 2.05) is 4.68 Å². The lowest BCUT2D eigenvalue weighted by Gasteiger charge is -2.28.